The first-order chi connectivity index (χ1) is 21.7. The van der Waals surface area contributed by atoms with Gasteiger partial charge in [-0.3, -0.25) is 14.6 Å². The molecule has 3 atom stereocenters. The SMILES string of the molecule is CCC(C(=O)O)C(CN1CCN(C(c2ccccc2)c2ccc(Cl)cc2)CC1)NCc1ccc(C#CCCN(N)C(=O)O)cc1. The van der Waals surface area contributed by atoms with Gasteiger partial charge in [0.1, 0.15) is 0 Å². The quantitative estimate of drug-likeness (QED) is 0.0909. The number of carbonyl (C=O) groups is 2. The van der Waals surface area contributed by atoms with Gasteiger partial charge in [0.05, 0.1) is 18.5 Å². The Labute approximate surface area is 270 Å². The second-order valence-corrected chi connectivity index (χ2v) is 11.7. The zero-order valence-electron chi connectivity index (χ0n) is 25.6. The average molecular weight is 632 g/mol. The lowest BCUT2D eigenvalue weighted by Gasteiger charge is -2.41. The summed E-state index contributed by atoms with van der Waals surface area (Å²) in [5, 5.41) is 23.8. The molecule has 5 N–H and O–H groups in total. The van der Waals surface area contributed by atoms with E-state index in [1.807, 2.05) is 49.4 Å². The van der Waals surface area contributed by atoms with Crippen molar-refractivity contribution >= 4 is 23.7 Å². The van der Waals surface area contributed by atoms with Crippen molar-refractivity contribution in [1.29, 1.82) is 0 Å². The standard InChI is InChI=1S/C35H42ClN5O4/c1-2-31(34(42)43)32(38-24-27-13-11-26(12-14-27)8-6-7-19-41(37)35(44)45)25-39-20-22-40(23-21-39)33(28-9-4-3-5-10-28)29-15-17-30(36)18-16-29/h3-5,9-18,31-33,38H,2,7,19-25,37H2,1H3,(H,42,43)(H,44,45). The highest BCUT2D eigenvalue weighted by Crippen LogP contribution is 2.30. The van der Waals surface area contributed by atoms with E-state index in [0.29, 0.717) is 30.9 Å². The molecule has 10 heteroatoms. The van der Waals surface area contributed by atoms with E-state index in [1.54, 1.807) is 0 Å². The number of rotatable bonds is 13. The number of hydrazine groups is 1. The molecule has 0 aromatic heterocycles. The molecule has 45 heavy (non-hydrogen) atoms. The maximum Gasteiger partial charge on any atom is 0.421 e. The molecule has 3 aromatic rings. The molecule has 0 saturated carbocycles. The molecule has 3 aromatic carbocycles. The van der Waals surface area contributed by atoms with Gasteiger partial charge in [-0.1, -0.05) is 85.0 Å². The number of amides is 1. The smallest absolute Gasteiger partial charge is 0.421 e. The van der Waals surface area contributed by atoms with E-state index < -0.39 is 18.0 Å². The van der Waals surface area contributed by atoms with Gasteiger partial charge in [0, 0.05) is 62.3 Å². The molecule has 238 valence electrons. The van der Waals surface area contributed by atoms with Crippen LogP contribution in [0.3, 0.4) is 0 Å². The minimum atomic E-state index is -1.19. The third-order valence-electron chi connectivity index (χ3n) is 8.25. The number of carboxylic acid groups (broad SMARTS) is 2. The lowest BCUT2D eigenvalue weighted by atomic mass is 9.95. The Bertz CT molecular complexity index is 1430. The van der Waals surface area contributed by atoms with Crippen LogP contribution in [-0.2, 0) is 11.3 Å². The molecule has 0 spiro atoms. The van der Waals surface area contributed by atoms with Gasteiger partial charge in [-0.05, 0) is 47.4 Å². The molecule has 0 radical (unpaired) electrons. The van der Waals surface area contributed by atoms with Gasteiger partial charge in [0.2, 0.25) is 0 Å². The van der Waals surface area contributed by atoms with Crippen LogP contribution in [0.1, 0.15) is 48.1 Å². The van der Waals surface area contributed by atoms with Gasteiger partial charge in [0.25, 0.3) is 0 Å². The minimum Gasteiger partial charge on any atom is -0.481 e. The van der Waals surface area contributed by atoms with Crippen LogP contribution in [0.2, 0.25) is 5.02 Å². The normalized spacial score (nSPS) is 15.8. The number of piperazine rings is 1. The molecule has 0 bridgehead atoms. The predicted octanol–water partition coefficient (Wildman–Crippen LogP) is 4.91. The van der Waals surface area contributed by atoms with Gasteiger partial charge in [-0.15, -0.1) is 0 Å². The molecule has 1 saturated heterocycles. The molecule has 3 unspecified atom stereocenters. The Morgan fingerprint density at radius 1 is 0.956 bits per heavy atom. The van der Waals surface area contributed by atoms with Crippen LogP contribution in [0, 0.1) is 17.8 Å². The summed E-state index contributed by atoms with van der Waals surface area (Å²) in [5.41, 5.74) is 4.29. The Balaban J connectivity index is 1.36. The van der Waals surface area contributed by atoms with Crippen molar-refractivity contribution in [2.75, 3.05) is 39.3 Å². The first-order valence-corrected chi connectivity index (χ1v) is 15.7. The van der Waals surface area contributed by atoms with E-state index in [9.17, 15) is 14.7 Å². The Hall–Kier alpha value is -3.91. The zero-order valence-corrected chi connectivity index (χ0v) is 26.4. The van der Waals surface area contributed by atoms with Gasteiger partial charge in [-0.2, -0.15) is 0 Å². The van der Waals surface area contributed by atoms with E-state index in [-0.39, 0.29) is 18.6 Å². The van der Waals surface area contributed by atoms with E-state index in [2.05, 4.69) is 63.4 Å². The maximum atomic E-state index is 12.2. The molecule has 1 amide bonds. The van der Waals surface area contributed by atoms with E-state index in [1.165, 1.54) is 11.1 Å². The molecule has 1 heterocycles. The topological polar surface area (TPSA) is 122 Å². The lowest BCUT2D eigenvalue weighted by Crippen LogP contribution is -2.53. The number of nitrogens with one attached hydrogen (secondary N) is 1. The van der Waals surface area contributed by atoms with Gasteiger partial charge >= 0.3 is 12.1 Å². The number of carboxylic acids is 1. The second-order valence-electron chi connectivity index (χ2n) is 11.3. The van der Waals surface area contributed by atoms with Crippen molar-refractivity contribution < 1.29 is 19.8 Å². The summed E-state index contributed by atoms with van der Waals surface area (Å²) in [6, 6.07) is 26.3. The Morgan fingerprint density at radius 2 is 1.60 bits per heavy atom. The van der Waals surface area contributed by atoms with Crippen molar-refractivity contribution in [3.8, 4) is 11.8 Å². The maximum absolute atomic E-state index is 12.2. The van der Waals surface area contributed by atoms with Gasteiger partial charge in [0.15, 0.2) is 0 Å². The first kappa shape index (κ1) is 34.0. The van der Waals surface area contributed by atoms with Crippen molar-refractivity contribution in [3.63, 3.8) is 0 Å². The number of benzene rings is 3. The lowest BCUT2D eigenvalue weighted by molar-refractivity contribution is -0.143. The number of hydrogen-bond acceptors (Lipinski definition) is 6. The minimum absolute atomic E-state index is 0.120. The number of nitrogens with two attached hydrogens (primary N) is 1. The third-order valence-corrected chi connectivity index (χ3v) is 8.50. The molecule has 1 aliphatic rings. The largest absolute Gasteiger partial charge is 0.481 e. The third kappa shape index (κ3) is 10.0. The molecule has 0 aliphatic carbocycles. The summed E-state index contributed by atoms with van der Waals surface area (Å²) in [6.45, 7) is 6.65. The highest BCUT2D eigenvalue weighted by molar-refractivity contribution is 6.30. The van der Waals surface area contributed by atoms with Crippen LogP contribution in [0.25, 0.3) is 0 Å². The highest BCUT2D eigenvalue weighted by atomic mass is 35.5. The Morgan fingerprint density at radius 3 is 2.20 bits per heavy atom. The second kappa shape index (κ2) is 17.0. The number of nitrogens with zero attached hydrogens (tertiary/aromatic N) is 3. The fourth-order valence-corrected chi connectivity index (χ4v) is 5.86. The zero-order chi connectivity index (χ0) is 32.2. The number of halogens is 1. The van der Waals surface area contributed by atoms with Crippen LogP contribution < -0.4 is 11.2 Å². The average Bonchev–Trinajstić information content (AvgIpc) is 3.04. The van der Waals surface area contributed by atoms with Crippen LogP contribution >= 0.6 is 11.6 Å². The fourth-order valence-electron chi connectivity index (χ4n) is 5.73. The first-order valence-electron chi connectivity index (χ1n) is 15.3. The molecule has 9 nitrogen and oxygen atoms in total. The summed E-state index contributed by atoms with van der Waals surface area (Å²) >= 11 is 6.19. The molecule has 4 rings (SSSR count). The monoisotopic (exact) mass is 631 g/mol. The van der Waals surface area contributed by atoms with Crippen LogP contribution in [0.4, 0.5) is 4.79 Å². The van der Waals surface area contributed by atoms with Crippen LogP contribution in [0.15, 0.2) is 78.9 Å². The number of hydrogen-bond donors (Lipinski definition) is 4. The van der Waals surface area contributed by atoms with Gasteiger partial charge in [-0.25, -0.2) is 15.6 Å². The summed E-state index contributed by atoms with van der Waals surface area (Å²) in [7, 11) is 0. The van der Waals surface area contributed by atoms with Crippen molar-refractivity contribution in [3.05, 3.63) is 106 Å². The summed E-state index contributed by atoms with van der Waals surface area (Å²) < 4.78 is 0. The van der Waals surface area contributed by atoms with Crippen LogP contribution in [0.5, 0.6) is 0 Å². The van der Waals surface area contributed by atoms with E-state index in [4.69, 9.17) is 22.6 Å². The van der Waals surface area contributed by atoms with E-state index >= 15 is 0 Å². The molecule has 1 aliphatic heterocycles. The fraction of sp³-hybridized carbons (Fsp3) is 0.371. The molecular formula is C35H42ClN5O4. The summed E-state index contributed by atoms with van der Waals surface area (Å²) in [6.07, 6.45) is -0.312. The summed E-state index contributed by atoms with van der Waals surface area (Å²) in [5.74, 6) is 10.0. The van der Waals surface area contributed by atoms with Crippen molar-refractivity contribution in [1.82, 2.24) is 20.1 Å². The Kier molecular flexibility index (Phi) is 12.8. The van der Waals surface area contributed by atoms with E-state index in [0.717, 1.165) is 42.3 Å². The van der Waals surface area contributed by atoms with Gasteiger partial charge < -0.3 is 15.5 Å². The van der Waals surface area contributed by atoms with Crippen molar-refractivity contribution in [2.24, 2.45) is 11.8 Å². The molecule has 1 fully saturated rings. The summed E-state index contributed by atoms with van der Waals surface area (Å²) in [4.78, 5) is 27.9. The predicted molar refractivity (Wildman–Crippen MR) is 177 cm³/mol. The highest BCUT2D eigenvalue weighted by Gasteiger charge is 2.31. The van der Waals surface area contributed by atoms with Crippen LogP contribution in [-0.4, -0.2) is 82.4 Å². The van der Waals surface area contributed by atoms with Crippen molar-refractivity contribution in [2.45, 2.75) is 38.4 Å². The number of aliphatic carboxylic acids is 1. The molecular weight excluding hydrogens is 590 g/mol.